The van der Waals surface area contributed by atoms with E-state index in [2.05, 4.69) is 18.0 Å². The first kappa shape index (κ1) is 23.2. The van der Waals surface area contributed by atoms with Gasteiger partial charge in [-0.25, -0.2) is 4.98 Å². The van der Waals surface area contributed by atoms with Crippen LogP contribution in [-0.4, -0.2) is 21.9 Å². The summed E-state index contributed by atoms with van der Waals surface area (Å²) in [6.45, 7) is 2.40. The topological polar surface area (TPSA) is 61.9 Å². The Morgan fingerprint density at radius 3 is 2.43 bits per heavy atom. The first-order chi connectivity index (χ1) is 16.8. The van der Waals surface area contributed by atoms with Crippen molar-refractivity contribution in [3.05, 3.63) is 112 Å². The molecule has 7 heteroatoms. The minimum absolute atomic E-state index is 0.166. The molecule has 0 amide bonds. The van der Waals surface area contributed by atoms with E-state index in [-0.39, 0.29) is 12.3 Å². The molecule has 1 aliphatic heterocycles. The summed E-state index contributed by atoms with van der Waals surface area (Å²) in [6.07, 6.45) is 3.64. The Morgan fingerprint density at radius 2 is 1.77 bits per heavy atom. The highest BCUT2D eigenvalue weighted by Crippen LogP contribution is 2.43. The predicted molar refractivity (Wildman–Crippen MR) is 139 cm³/mol. The van der Waals surface area contributed by atoms with Gasteiger partial charge in [0.25, 0.3) is 0 Å². The molecule has 3 aromatic carbocycles. The Hall–Kier alpha value is -3.59. The number of aromatic nitrogens is 2. The van der Waals surface area contributed by atoms with Crippen LogP contribution in [0.1, 0.15) is 34.1 Å². The van der Waals surface area contributed by atoms with Crippen LogP contribution in [0.25, 0.3) is 0 Å². The smallest absolute Gasteiger partial charge is 0.183 e. The number of fused-ring (bicyclic) bond motifs is 1. The molecule has 1 aliphatic rings. The van der Waals surface area contributed by atoms with E-state index in [1.807, 2.05) is 83.4 Å². The molecule has 0 bridgehead atoms. The van der Waals surface area contributed by atoms with Gasteiger partial charge in [0.2, 0.25) is 0 Å². The average Bonchev–Trinajstić information content (AvgIpc) is 3.30. The van der Waals surface area contributed by atoms with Crippen LogP contribution in [0.4, 0.5) is 11.4 Å². The average molecular weight is 501 g/mol. The maximum absolute atomic E-state index is 13.1. The third-order valence-corrected chi connectivity index (χ3v) is 7.33. The fraction of sp³-hybridized carbons (Fsp3) is 0.179. The van der Waals surface area contributed by atoms with Gasteiger partial charge >= 0.3 is 0 Å². The van der Waals surface area contributed by atoms with Gasteiger partial charge in [-0.15, -0.1) is 0 Å². The number of imidazole rings is 1. The molecular weight excluding hydrogens is 479 g/mol. The SMILES string of the molecule is Cn1cncc1C(C)(c1ccc(Cl)cc1)c1ccc2c(c1)N(c1cccc(Cl)c1)CC(C#N)C2=O. The number of hydrogen-bond donors (Lipinski definition) is 0. The highest BCUT2D eigenvalue weighted by atomic mass is 35.5. The van der Waals surface area contributed by atoms with Crippen LogP contribution >= 0.6 is 23.2 Å². The molecule has 0 spiro atoms. The molecule has 1 aromatic heterocycles. The number of aryl methyl sites for hydroxylation is 1. The second kappa shape index (κ2) is 8.88. The molecule has 0 saturated carbocycles. The molecule has 2 atom stereocenters. The van der Waals surface area contributed by atoms with Gasteiger partial charge in [0, 0.05) is 41.1 Å². The second-order valence-corrected chi connectivity index (χ2v) is 9.76. The summed E-state index contributed by atoms with van der Waals surface area (Å²) in [5.41, 5.74) is 4.54. The Balaban J connectivity index is 1.74. The predicted octanol–water partition coefficient (Wildman–Crippen LogP) is 6.56. The minimum atomic E-state index is -0.757. The largest absolute Gasteiger partial charge is 0.339 e. The third-order valence-electron chi connectivity index (χ3n) is 6.84. The van der Waals surface area contributed by atoms with E-state index in [9.17, 15) is 10.1 Å². The van der Waals surface area contributed by atoms with Gasteiger partial charge in [-0.3, -0.25) is 4.79 Å². The maximum atomic E-state index is 13.1. The van der Waals surface area contributed by atoms with Crippen LogP contribution in [0.5, 0.6) is 0 Å². The number of halogens is 2. The van der Waals surface area contributed by atoms with Crippen LogP contribution in [0.15, 0.2) is 79.3 Å². The second-order valence-electron chi connectivity index (χ2n) is 8.89. The van der Waals surface area contributed by atoms with Crippen molar-refractivity contribution in [1.29, 1.82) is 5.26 Å². The van der Waals surface area contributed by atoms with E-state index in [1.165, 1.54) is 0 Å². The number of carbonyl (C=O) groups excluding carboxylic acids is 1. The number of nitrogens with zero attached hydrogens (tertiary/aromatic N) is 4. The number of ketones is 1. The van der Waals surface area contributed by atoms with Crippen molar-refractivity contribution in [2.75, 3.05) is 11.4 Å². The quantitative estimate of drug-likeness (QED) is 0.318. The lowest BCUT2D eigenvalue weighted by Gasteiger charge is -2.36. The summed E-state index contributed by atoms with van der Waals surface area (Å²) in [5.74, 6) is -0.923. The van der Waals surface area contributed by atoms with E-state index in [0.717, 1.165) is 28.2 Å². The Bertz CT molecular complexity index is 1470. The molecule has 0 N–H and O–H groups in total. The normalized spacial score (nSPS) is 16.9. The number of anilines is 2. The first-order valence-corrected chi connectivity index (χ1v) is 11.9. The van der Waals surface area contributed by atoms with Crippen LogP contribution < -0.4 is 4.90 Å². The van der Waals surface area contributed by atoms with E-state index in [1.54, 1.807) is 12.4 Å². The lowest BCUT2D eigenvalue weighted by Crippen LogP contribution is -2.36. The van der Waals surface area contributed by atoms with Crippen molar-refractivity contribution in [1.82, 2.24) is 9.55 Å². The number of carbonyl (C=O) groups is 1. The van der Waals surface area contributed by atoms with Gasteiger partial charge < -0.3 is 9.47 Å². The summed E-state index contributed by atoms with van der Waals surface area (Å²) in [5, 5.41) is 10.9. The summed E-state index contributed by atoms with van der Waals surface area (Å²) in [4.78, 5) is 19.5. The molecule has 35 heavy (non-hydrogen) atoms. The summed E-state index contributed by atoms with van der Waals surface area (Å²) in [6, 6.07) is 23.3. The van der Waals surface area contributed by atoms with Gasteiger partial charge in [0.15, 0.2) is 5.78 Å². The van der Waals surface area contributed by atoms with Gasteiger partial charge in [0.1, 0.15) is 5.92 Å². The lowest BCUT2D eigenvalue weighted by atomic mass is 9.73. The van der Waals surface area contributed by atoms with Gasteiger partial charge in [0.05, 0.1) is 29.2 Å². The van der Waals surface area contributed by atoms with Gasteiger partial charge in [-0.2, -0.15) is 5.26 Å². The first-order valence-electron chi connectivity index (χ1n) is 11.2. The number of nitriles is 1. The molecule has 2 unspecified atom stereocenters. The van der Waals surface area contributed by atoms with Crippen molar-refractivity contribution >= 4 is 40.4 Å². The van der Waals surface area contributed by atoms with Gasteiger partial charge in [-0.1, -0.05) is 47.5 Å². The van der Waals surface area contributed by atoms with Crippen LogP contribution in [0.3, 0.4) is 0 Å². The maximum Gasteiger partial charge on any atom is 0.183 e. The molecule has 0 saturated heterocycles. The standard InChI is InChI=1S/C28H22Cl2N4O/c1-28(26-15-32-17-33(26)2,19-6-9-21(29)10-7-19)20-8-11-24-25(12-20)34(16-18(14-31)27(24)35)23-5-3-4-22(30)13-23/h3-13,15,17-18H,16H2,1-2H3. The number of rotatable bonds is 4. The lowest BCUT2D eigenvalue weighted by molar-refractivity contribution is 0.0947. The fourth-order valence-electron chi connectivity index (χ4n) is 4.90. The zero-order valence-corrected chi connectivity index (χ0v) is 20.8. The molecule has 0 radical (unpaired) electrons. The van der Waals surface area contributed by atoms with Crippen LogP contribution in [0.2, 0.25) is 10.0 Å². The zero-order valence-electron chi connectivity index (χ0n) is 19.2. The van der Waals surface area contributed by atoms with Crippen molar-refractivity contribution in [3.8, 4) is 6.07 Å². The third kappa shape index (κ3) is 3.89. The Kier molecular flexibility index (Phi) is 5.88. The van der Waals surface area contributed by atoms with E-state index in [0.29, 0.717) is 15.6 Å². The molecule has 174 valence electrons. The molecule has 5 nitrogen and oxygen atoms in total. The Morgan fingerprint density at radius 1 is 1.03 bits per heavy atom. The molecule has 0 fully saturated rings. The van der Waals surface area contributed by atoms with E-state index < -0.39 is 11.3 Å². The highest BCUT2D eigenvalue weighted by Gasteiger charge is 2.38. The number of Topliss-reactive ketones (excluding diaryl/α,β-unsaturated/α-hetero) is 1. The summed E-state index contributed by atoms with van der Waals surface area (Å²) < 4.78 is 2.00. The van der Waals surface area contributed by atoms with E-state index in [4.69, 9.17) is 23.2 Å². The molecular formula is C28H22Cl2N4O. The number of benzene rings is 3. The number of hydrogen-bond acceptors (Lipinski definition) is 4. The molecule has 5 rings (SSSR count). The summed E-state index contributed by atoms with van der Waals surface area (Å²) >= 11 is 12.5. The Labute approximate surface area is 214 Å². The van der Waals surface area contributed by atoms with E-state index >= 15 is 0 Å². The minimum Gasteiger partial charge on any atom is -0.339 e. The molecule has 4 aromatic rings. The monoisotopic (exact) mass is 500 g/mol. The van der Waals surface area contributed by atoms with Crippen molar-refractivity contribution in [3.63, 3.8) is 0 Å². The van der Waals surface area contributed by atoms with Crippen LogP contribution in [0, 0.1) is 17.2 Å². The van der Waals surface area contributed by atoms with Gasteiger partial charge in [-0.05, 0) is 60.5 Å². The van der Waals surface area contributed by atoms with Crippen molar-refractivity contribution < 1.29 is 4.79 Å². The molecule has 0 aliphatic carbocycles. The zero-order chi connectivity index (χ0) is 24.7. The highest BCUT2D eigenvalue weighted by molar-refractivity contribution is 6.31. The fourth-order valence-corrected chi connectivity index (χ4v) is 5.21. The summed E-state index contributed by atoms with van der Waals surface area (Å²) in [7, 11) is 1.97. The molecule has 2 heterocycles. The van der Waals surface area contributed by atoms with Crippen LogP contribution in [-0.2, 0) is 12.5 Å². The van der Waals surface area contributed by atoms with Crippen molar-refractivity contribution in [2.24, 2.45) is 13.0 Å². The van der Waals surface area contributed by atoms with Crippen molar-refractivity contribution in [2.45, 2.75) is 12.3 Å².